The van der Waals surface area contributed by atoms with Crippen molar-refractivity contribution in [3.05, 3.63) is 29.6 Å². The van der Waals surface area contributed by atoms with Gasteiger partial charge >= 0.3 is 0 Å². The predicted octanol–water partition coefficient (Wildman–Crippen LogP) is 1.47. The zero-order chi connectivity index (χ0) is 9.97. The number of epoxide rings is 1. The Kier molecular flexibility index (Phi) is 2.33. The van der Waals surface area contributed by atoms with E-state index in [4.69, 9.17) is 14.7 Å². The minimum absolute atomic E-state index is 0.0278. The van der Waals surface area contributed by atoms with E-state index >= 15 is 0 Å². The Balaban J connectivity index is 2.03. The van der Waals surface area contributed by atoms with Gasteiger partial charge in [-0.2, -0.15) is 5.26 Å². The summed E-state index contributed by atoms with van der Waals surface area (Å²) in [5, 5.41) is 8.49. The van der Waals surface area contributed by atoms with E-state index in [-0.39, 0.29) is 11.7 Å². The van der Waals surface area contributed by atoms with E-state index in [1.54, 1.807) is 12.1 Å². The van der Waals surface area contributed by atoms with Gasteiger partial charge in [-0.05, 0) is 12.1 Å². The monoisotopic (exact) mass is 193 g/mol. The first-order valence-corrected chi connectivity index (χ1v) is 4.23. The van der Waals surface area contributed by atoms with Crippen molar-refractivity contribution in [1.29, 1.82) is 5.26 Å². The van der Waals surface area contributed by atoms with Crippen LogP contribution in [0.15, 0.2) is 18.2 Å². The minimum atomic E-state index is -0.554. The molecule has 1 heterocycles. The summed E-state index contributed by atoms with van der Waals surface area (Å²) >= 11 is 0. The lowest BCUT2D eigenvalue weighted by Crippen LogP contribution is -2.04. The fraction of sp³-hybridized carbons (Fsp3) is 0.300. The summed E-state index contributed by atoms with van der Waals surface area (Å²) in [6, 6.07) is 5.93. The number of halogens is 1. The van der Waals surface area contributed by atoms with Crippen molar-refractivity contribution in [1.82, 2.24) is 0 Å². The molecule has 0 aromatic heterocycles. The van der Waals surface area contributed by atoms with E-state index in [0.29, 0.717) is 19.0 Å². The lowest BCUT2D eigenvalue weighted by molar-refractivity contribution is 0.262. The quantitative estimate of drug-likeness (QED) is 0.683. The molecule has 0 amide bonds. The van der Waals surface area contributed by atoms with Crippen molar-refractivity contribution in [3.8, 4) is 11.8 Å². The van der Waals surface area contributed by atoms with Gasteiger partial charge in [-0.3, -0.25) is 0 Å². The summed E-state index contributed by atoms with van der Waals surface area (Å²) in [6.45, 7) is 1.14. The molecule has 1 aliphatic heterocycles. The molecule has 2 rings (SSSR count). The van der Waals surface area contributed by atoms with Gasteiger partial charge in [-0.25, -0.2) is 4.39 Å². The summed E-state index contributed by atoms with van der Waals surface area (Å²) < 4.78 is 23.2. The number of hydrogen-bond donors (Lipinski definition) is 0. The molecule has 0 radical (unpaired) electrons. The van der Waals surface area contributed by atoms with Crippen LogP contribution in [0.1, 0.15) is 5.56 Å². The van der Waals surface area contributed by atoms with E-state index in [1.807, 2.05) is 0 Å². The Morgan fingerprint density at radius 1 is 1.64 bits per heavy atom. The van der Waals surface area contributed by atoms with E-state index < -0.39 is 5.82 Å². The summed E-state index contributed by atoms with van der Waals surface area (Å²) in [5.41, 5.74) is 0.0278. The highest BCUT2D eigenvalue weighted by atomic mass is 19.1. The van der Waals surface area contributed by atoms with Crippen LogP contribution in [0.2, 0.25) is 0 Å². The zero-order valence-corrected chi connectivity index (χ0v) is 7.37. The lowest BCUT2D eigenvalue weighted by Gasteiger charge is -2.03. The molecule has 3 nitrogen and oxygen atoms in total. The Bertz CT molecular complexity index is 382. The number of rotatable bonds is 3. The molecule has 1 aromatic rings. The first-order chi connectivity index (χ1) is 6.79. The van der Waals surface area contributed by atoms with Crippen LogP contribution >= 0.6 is 0 Å². The minimum Gasteiger partial charge on any atom is -0.491 e. The molecule has 14 heavy (non-hydrogen) atoms. The summed E-state index contributed by atoms with van der Waals surface area (Å²) in [4.78, 5) is 0. The Hall–Kier alpha value is -1.60. The molecule has 1 fully saturated rings. The SMILES string of the molecule is N#Cc1ccc(OC[C@@H]2CO2)cc1F. The highest BCUT2D eigenvalue weighted by Gasteiger charge is 2.23. The first-order valence-electron chi connectivity index (χ1n) is 4.23. The maximum atomic E-state index is 13.1. The topological polar surface area (TPSA) is 45.5 Å². The number of hydrogen-bond acceptors (Lipinski definition) is 3. The number of nitriles is 1. The molecule has 72 valence electrons. The molecule has 0 bridgehead atoms. The Morgan fingerprint density at radius 2 is 2.43 bits per heavy atom. The second-order valence-corrected chi connectivity index (χ2v) is 3.02. The van der Waals surface area contributed by atoms with Crippen LogP contribution in [0.3, 0.4) is 0 Å². The van der Waals surface area contributed by atoms with Crippen LogP contribution in [0.4, 0.5) is 4.39 Å². The summed E-state index contributed by atoms with van der Waals surface area (Å²) in [5.74, 6) is -0.126. The van der Waals surface area contributed by atoms with E-state index in [9.17, 15) is 4.39 Å². The molecule has 0 spiro atoms. The van der Waals surface area contributed by atoms with Crippen molar-refractivity contribution >= 4 is 0 Å². The second kappa shape index (κ2) is 3.64. The predicted molar refractivity (Wildman–Crippen MR) is 46.4 cm³/mol. The first kappa shape index (κ1) is 8.97. The van der Waals surface area contributed by atoms with Gasteiger partial charge < -0.3 is 9.47 Å². The third kappa shape index (κ3) is 2.01. The zero-order valence-electron chi connectivity index (χ0n) is 7.37. The highest BCUT2D eigenvalue weighted by Crippen LogP contribution is 2.18. The number of ether oxygens (including phenoxy) is 2. The van der Waals surface area contributed by atoms with Gasteiger partial charge in [0.2, 0.25) is 0 Å². The molecule has 4 heteroatoms. The maximum absolute atomic E-state index is 13.1. The van der Waals surface area contributed by atoms with Crippen molar-refractivity contribution in [2.24, 2.45) is 0 Å². The third-order valence-electron chi connectivity index (χ3n) is 1.90. The number of nitrogens with zero attached hydrogens (tertiary/aromatic N) is 1. The molecule has 0 aliphatic carbocycles. The van der Waals surface area contributed by atoms with Crippen molar-refractivity contribution < 1.29 is 13.9 Å². The maximum Gasteiger partial charge on any atom is 0.144 e. The van der Waals surface area contributed by atoms with Crippen LogP contribution in [0.25, 0.3) is 0 Å². The Morgan fingerprint density at radius 3 is 3.00 bits per heavy atom. The molecule has 1 atom stereocenters. The smallest absolute Gasteiger partial charge is 0.144 e. The number of benzene rings is 1. The van der Waals surface area contributed by atoms with Crippen LogP contribution in [-0.4, -0.2) is 19.3 Å². The lowest BCUT2D eigenvalue weighted by atomic mass is 10.2. The molecule has 1 saturated heterocycles. The summed E-state index contributed by atoms with van der Waals surface area (Å²) in [6.07, 6.45) is 0.147. The van der Waals surface area contributed by atoms with Crippen molar-refractivity contribution in [2.75, 3.05) is 13.2 Å². The van der Waals surface area contributed by atoms with Gasteiger partial charge in [0.05, 0.1) is 12.2 Å². The van der Waals surface area contributed by atoms with E-state index in [2.05, 4.69) is 0 Å². The van der Waals surface area contributed by atoms with Gasteiger partial charge in [0, 0.05) is 6.07 Å². The Labute approximate surface area is 80.7 Å². The van der Waals surface area contributed by atoms with Crippen molar-refractivity contribution in [3.63, 3.8) is 0 Å². The molecule has 0 unspecified atom stereocenters. The fourth-order valence-corrected chi connectivity index (χ4v) is 1.03. The van der Waals surface area contributed by atoms with Crippen LogP contribution < -0.4 is 4.74 Å². The molecule has 1 aliphatic rings. The second-order valence-electron chi connectivity index (χ2n) is 3.02. The van der Waals surface area contributed by atoms with E-state index in [0.717, 1.165) is 0 Å². The van der Waals surface area contributed by atoms with Gasteiger partial charge in [-0.1, -0.05) is 0 Å². The highest BCUT2D eigenvalue weighted by molar-refractivity contribution is 5.36. The normalized spacial score (nSPS) is 18.7. The summed E-state index contributed by atoms with van der Waals surface area (Å²) in [7, 11) is 0. The standard InChI is InChI=1S/C10H8FNO2/c11-10-3-8(2-1-7(10)4-12)13-5-9-6-14-9/h1-3,9H,5-6H2/t9-/m1/s1. The fourth-order valence-electron chi connectivity index (χ4n) is 1.03. The van der Waals surface area contributed by atoms with Gasteiger partial charge in [-0.15, -0.1) is 0 Å². The van der Waals surface area contributed by atoms with Gasteiger partial charge in [0.25, 0.3) is 0 Å². The van der Waals surface area contributed by atoms with Crippen molar-refractivity contribution in [2.45, 2.75) is 6.10 Å². The van der Waals surface area contributed by atoms with Gasteiger partial charge in [0.1, 0.15) is 30.3 Å². The average Bonchev–Trinajstić information content (AvgIpc) is 2.98. The van der Waals surface area contributed by atoms with Crippen LogP contribution in [0, 0.1) is 17.1 Å². The van der Waals surface area contributed by atoms with Crippen LogP contribution in [0.5, 0.6) is 5.75 Å². The third-order valence-corrected chi connectivity index (χ3v) is 1.90. The molecule has 1 aromatic carbocycles. The molecular formula is C10H8FNO2. The molecule has 0 N–H and O–H groups in total. The van der Waals surface area contributed by atoms with Crippen LogP contribution in [-0.2, 0) is 4.74 Å². The largest absolute Gasteiger partial charge is 0.491 e. The molecule has 0 saturated carbocycles. The molecular weight excluding hydrogens is 185 g/mol. The van der Waals surface area contributed by atoms with E-state index in [1.165, 1.54) is 12.1 Å². The average molecular weight is 193 g/mol. The van der Waals surface area contributed by atoms with Gasteiger partial charge in [0.15, 0.2) is 0 Å².